The van der Waals surface area contributed by atoms with Gasteiger partial charge in [-0.25, -0.2) is 19.0 Å². The molecule has 6 atom stereocenters. The van der Waals surface area contributed by atoms with E-state index < -0.39 is 84.0 Å². The molecular weight excluding hydrogens is 487 g/mol. The van der Waals surface area contributed by atoms with Gasteiger partial charge in [-0.15, -0.1) is 5.10 Å². The van der Waals surface area contributed by atoms with Crippen LogP contribution in [0, 0.1) is 12.7 Å². The number of ether oxygens (including phenoxy) is 1. The van der Waals surface area contributed by atoms with E-state index in [-0.39, 0.29) is 28.2 Å². The molecule has 36 heavy (non-hydrogen) atoms. The third kappa shape index (κ3) is 4.92. The van der Waals surface area contributed by atoms with Crippen molar-refractivity contribution >= 4 is 28.7 Å². The number of rotatable bonds is 10. The number of thioether (sulfide) groups is 1. The number of aliphatic hydroxyl groups is 3. The molecule has 2 aliphatic carbocycles. The van der Waals surface area contributed by atoms with E-state index in [1.807, 2.05) is 0 Å². The van der Waals surface area contributed by atoms with Gasteiger partial charge in [0.2, 0.25) is 0 Å². The van der Waals surface area contributed by atoms with Gasteiger partial charge in [-0.05, 0) is 36.9 Å². The van der Waals surface area contributed by atoms with Gasteiger partial charge in [0.1, 0.15) is 18.0 Å². The first-order chi connectivity index (χ1) is 22.4. The normalized spacial score (nSPS) is 44.5. The van der Waals surface area contributed by atoms with Gasteiger partial charge in [-0.1, -0.05) is 36.0 Å². The quantitative estimate of drug-likeness (QED) is 0.227. The van der Waals surface area contributed by atoms with E-state index in [4.69, 9.17) is 19.2 Å². The maximum absolute atomic E-state index is 14.3. The fourth-order valence-corrected chi connectivity index (χ4v) is 4.14. The first-order valence-corrected chi connectivity index (χ1v) is 11.4. The zero-order valence-electron chi connectivity index (χ0n) is 32.9. The molecule has 0 spiro atoms. The topological polar surface area (TPSA) is 138 Å². The molecule has 5 rings (SSSR count). The lowest BCUT2D eigenvalue weighted by atomic mass is 10.1. The molecule has 194 valence electrons. The molecule has 10 nitrogen and oxygen atoms in total. The summed E-state index contributed by atoms with van der Waals surface area (Å²) in [5.74, 6) is -0.979. The molecule has 2 aromatic heterocycles. The average molecular weight is 533 g/mol. The van der Waals surface area contributed by atoms with Crippen molar-refractivity contribution in [2.24, 2.45) is 0 Å². The lowest BCUT2D eigenvalue weighted by molar-refractivity contribution is -0.0629. The van der Waals surface area contributed by atoms with E-state index in [0.29, 0.717) is 17.5 Å². The highest BCUT2D eigenvalue weighted by Crippen LogP contribution is 2.44. The largest absolute Gasteiger partial charge is 0.394 e. The number of fused-ring (bicyclic) bond motifs is 1. The molecule has 2 fully saturated rings. The van der Waals surface area contributed by atoms with Crippen molar-refractivity contribution in [2.45, 2.75) is 74.4 Å². The Morgan fingerprint density at radius 2 is 2.19 bits per heavy atom. The van der Waals surface area contributed by atoms with Crippen LogP contribution in [0.15, 0.2) is 23.4 Å². The Morgan fingerprint density at radius 3 is 2.94 bits per heavy atom. The zero-order chi connectivity index (χ0) is 38.1. The molecule has 0 aliphatic heterocycles. The number of anilines is 1. The van der Waals surface area contributed by atoms with E-state index in [1.165, 1.54) is 6.07 Å². The van der Waals surface area contributed by atoms with E-state index in [2.05, 4.69) is 30.3 Å². The number of hydrogen-bond acceptors (Lipinski definition) is 10. The molecule has 0 unspecified atom stereocenters. The first-order valence-electron chi connectivity index (χ1n) is 17.6. The zero-order valence-corrected chi connectivity index (χ0v) is 19.7. The van der Waals surface area contributed by atoms with Gasteiger partial charge >= 0.3 is 0 Å². The predicted octanol–water partition coefficient (Wildman–Crippen LogP) is 2.18. The van der Waals surface area contributed by atoms with Gasteiger partial charge in [-0.2, -0.15) is 0 Å². The van der Waals surface area contributed by atoms with Gasteiger partial charge in [0, 0.05) is 32.3 Å². The van der Waals surface area contributed by atoms with Crippen molar-refractivity contribution in [3.05, 3.63) is 35.1 Å². The van der Waals surface area contributed by atoms with Crippen LogP contribution in [-0.2, 0) is 4.74 Å². The molecule has 2 saturated carbocycles. The minimum atomic E-state index is -4.35. The van der Waals surface area contributed by atoms with Gasteiger partial charge < -0.3 is 25.4 Å². The van der Waals surface area contributed by atoms with Crippen molar-refractivity contribution in [1.82, 2.24) is 25.0 Å². The molecule has 4 N–H and O–H groups in total. The van der Waals surface area contributed by atoms with Gasteiger partial charge in [0.05, 0.1) is 36.2 Å². The Labute approximate surface area is 232 Å². The van der Waals surface area contributed by atoms with Crippen LogP contribution >= 0.6 is 11.8 Å². The minimum absolute atomic E-state index is 0.0600. The van der Waals surface area contributed by atoms with Crippen LogP contribution < -0.4 is 5.32 Å². The summed E-state index contributed by atoms with van der Waals surface area (Å²) in [6.45, 7) is -5.57. The summed E-state index contributed by atoms with van der Waals surface area (Å²) < 4.78 is 133. The summed E-state index contributed by atoms with van der Waals surface area (Å²) in [7, 11) is 0. The van der Waals surface area contributed by atoms with Crippen LogP contribution in [0.25, 0.3) is 11.2 Å². The second-order valence-electron chi connectivity index (χ2n) is 7.90. The molecule has 0 radical (unpaired) electrons. The number of nitrogens with zero attached hydrogens (tertiary/aromatic N) is 5. The number of benzene rings is 1. The summed E-state index contributed by atoms with van der Waals surface area (Å²) >= 11 is 0.140. The van der Waals surface area contributed by atoms with Gasteiger partial charge in [-0.3, -0.25) is 0 Å². The van der Waals surface area contributed by atoms with E-state index in [1.54, 1.807) is 19.1 Å². The molecule has 2 heterocycles. The second kappa shape index (κ2) is 10.5. The van der Waals surface area contributed by atoms with Crippen LogP contribution in [0.5, 0.6) is 0 Å². The Kier molecular flexibility index (Phi) is 3.93. The molecule has 0 amide bonds. The van der Waals surface area contributed by atoms with Crippen LogP contribution in [0.2, 0.25) is 0 Å². The highest BCUT2D eigenvalue weighted by molar-refractivity contribution is 7.99. The van der Waals surface area contributed by atoms with Gasteiger partial charge in [0.15, 0.2) is 22.1 Å². The highest BCUT2D eigenvalue weighted by Gasteiger charge is 2.45. The third-order valence-corrected chi connectivity index (χ3v) is 6.24. The highest BCUT2D eigenvalue weighted by atomic mass is 32.2. The summed E-state index contributed by atoms with van der Waals surface area (Å²) in [6.07, 6.45) is -19.1. The lowest BCUT2D eigenvalue weighted by Gasteiger charge is -2.17. The van der Waals surface area contributed by atoms with Crippen LogP contribution in [0.1, 0.15) is 68.3 Å². The molecular formula is C24H31FN6O4S. The van der Waals surface area contributed by atoms with E-state index in [0.717, 1.165) is 6.92 Å². The van der Waals surface area contributed by atoms with Crippen molar-refractivity contribution < 1.29 is 43.6 Å². The maximum Gasteiger partial charge on any atom is 0.191 e. The average Bonchev–Trinajstić information content (AvgIpc) is 3.57. The first kappa shape index (κ1) is 13.4. The number of aryl methyl sites for hydroxylation is 1. The fraction of sp³-hybridized carbons (Fsp3) is 0.583. The van der Waals surface area contributed by atoms with E-state index in [9.17, 15) is 19.7 Å². The second-order valence-corrected chi connectivity index (χ2v) is 8.67. The van der Waals surface area contributed by atoms with Crippen molar-refractivity contribution in [3.8, 4) is 0 Å². The fourth-order valence-electron chi connectivity index (χ4n) is 3.67. The Bertz CT molecular complexity index is 1840. The minimum Gasteiger partial charge on any atom is -0.394 e. The molecule has 2 aliphatic rings. The Hall–Kier alpha value is -2.38. The predicted molar refractivity (Wildman–Crippen MR) is 133 cm³/mol. The van der Waals surface area contributed by atoms with Gasteiger partial charge in [0.25, 0.3) is 0 Å². The summed E-state index contributed by atoms with van der Waals surface area (Å²) in [4.78, 5) is 8.26. The molecule has 0 bridgehead atoms. The number of halogens is 1. The maximum atomic E-state index is 14.3. The smallest absolute Gasteiger partial charge is 0.191 e. The third-order valence-electron chi connectivity index (χ3n) is 5.57. The number of aromatic nitrogens is 5. The van der Waals surface area contributed by atoms with Crippen LogP contribution in [0.3, 0.4) is 0 Å². The van der Waals surface area contributed by atoms with Crippen molar-refractivity contribution in [2.75, 3.05) is 24.1 Å². The van der Waals surface area contributed by atoms with Crippen molar-refractivity contribution in [1.29, 1.82) is 0 Å². The molecule has 12 heteroatoms. The SMILES string of the molecule is [2H]C([2H])(C)C([2H])([2H])Sc1nc(N[C@@H]2C[C@H]2c2ccc(C)c(F)c2)c2nnn([C@]3([2H])C([2H])([2H])[C@]([2H])(OC([2H])([2H])C([2H])([2H])O)[C@@]([2H])(O)[C@@]3([2H])O)c2n1. The van der Waals surface area contributed by atoms with Crippen molar-refractivity contribution in [3.63, 3.8) is 0 Å². The molecule has 1 aromatic carbocycles. The van der Waals surface area contributed by atoms with Crippen LogP contribution in [0.4, 0.5) is 10.2 Å². The Morgan fingerprint density at radius 1 is 1.36 bits per heavy atom. The summed E-state index contributed by atoms with van der Waals surface area (Å²) in [6, 6.07) is 0.221. The number of nitrogens with one attached hydrogen (secondary N) is 1. The summed E-state index contributed by atoms with van der Waals surface area (Å²) in [5.41, 5.74) is -2.91. The standard InChI is InChI=1S/C24H31FN6O4S/c1-3-8-36-24-27-22(26-16-10-14(16)13-5-4-12(2)15(25)9-13)19-23(28-24)31(30-29-19)17-11-18(35-7-6-32)21(34)20(17)33/h4-5,9,14,16-18,20-21,32-34H,3,6-8,10-11H2,1-2H3,(H,26,27,28)/t14-,16+,17+,18-,20-,21+/m0/s1/i3D2,6D2,7D2,8D2,11D2,17D,18D,20D,21D. The van der Waals surface area contributed by atoms with E-state index >= 15 is 0 Å². The molecule has 0 saturated heterocycles. The lowest BCUT2D eigenvalue weighted by Crippen LogP contribution is -2.33. The Balaban J connectivity index is 1.68. The van der Waals surface area contributed by atoms with Crippen LogP contribution in [-0.4, -0.2) is 83.4 Å². The monoisotopic (exact) mass is 532 g/mol. The number of hydrogen-bond donors (Lipinski definition) is 4. The molecule has 3 aromatic rings. The summed E-state index contributed by atoms with van der Waals surface area (Å²) in [5, 5.41) is 41.8.